The van der Waals surface area contributed by atoms with E-state index in [4.69, 9.17) is 11.6 Å². The van der Waals surface area contributed by atoms with Gasteiger partial charge in [-0.05, 0) is 79.3 Å². The fourth-order valence-electron chi connectivity index (χ4n) is 3.92. The lowest BCUT2D eigenvalue weighted by molar-refractivity contribution is 0.0951. The maximum Gasteiger partial charge on any atom is 0.251 e. The SMILES string of the molecule is Cc1ccc(C(=O)NC2CC2)cc1-c1ccc2c(-c3ccc(Cl)cc3C)nncc2c1. The van der Waals surface area contributed by atoms with Gasteiger partial charge in [-0.2, -0.15) is 5.10 Å². The molecule has 0 unspecified atom stereocenters. The fraction of sp³-hybridized carbons (Fsp3) is 0.192. The topological polar surface area (TPSA) is 54.9 Å². The molecule has 1 fully saturated rings. The summed E-state index contributed by atoms with van der Waals surface area (Å²) in [6.07, 6.45) is 3.93. The summed E-state index contributed by atoms with van der Waals surface area (Å²) in [6.45, 7) is 4.09. The Morgan fingerprint density at radius 1 is 0.968 bits per heavy atom. The first kappa shape index (κ1) is 19.7. The molecule has 0 atom stereocenters. The molecule has 1 saturated carbocycles. The lowest BCUT2D eigenvalue weighted by atomic mass is 9.94. The van der Waals surface area contributed by atoms with Crippen molar-refractivity contribution in [2.24, 2.45) is 0 Å². The summed E-state index contributed by atoms with van der Waals surface area (Å²) in [5, 5.41) is 14.5. The van der Waals surface area contributed by atoms with Crippen LogP contribution in [0.3, 0.4) is 0 Å². The highest BCUT2D eigenvalue weighted by Gasteiger charge is 2.24. The molecule has 0 spiro atoms. The third kappa shape index (κ3) is 3.91. The van der Waals surface area contributed by atoms with Crippen molar-refractivity contribution >= 4 is 28.3 Å². The average Bonchev–Trinajstić information content (AvgIpc) is 3.57. The van der Waals surface area contributed by atoms with Crippen LogP contribution in [0, 0.1) is 13.8 Å². The summed E-state index contributed by atoms with van der Waals surface area (Å²) in [6, 6.07) is 18.3. The minimum Gasteiger partial charge on any atom is -0.349 e. The first-order valence-electron chi connectivity index (χ1n) is 10.4. The van der Waals surface area contributed by atoms with E-state index in [0.717, 1.165) is 57.1 Å². The number of carbonyl (C=O) groups is 1. The first-order valence-corrected chi connectivity index (χ1v) is 10.8. The van der Waals surface area contributed by atoms with Crippen LogP contribution < -0.4 is 5.32 Å². The maximum atomic E-state index is 12.5. The van der Waals surface area contributed by atoms with Crippen molar-refractivity contribution < 1.29 is 4.79 Å². The van der Waals surface area contributed by atoms with Crippen LogP contribution in [0.4, 0.5) is 0 Å². The average molecular weight is 428 g/mol. The number of fused-ring (bicyclic) bond motifs is 1. The first-order chi connectivity index (χ1) is 15.0. The van der Waals surface area contributed by atoms with Crippen LogP contribution in [0.1, 0.15) is 34.3 Å². The van der Waals surface area contributed by atoms with Gasteiger partial charge in [-0.15, -0.1) is 5.10 Å². The Kier molecular flexibility index (Phi) is 4.95. The Labute approximate surface area is 186 Å². The van der Waals surface area contributed by atoms with Crippen molar-refractivity contribution in [3.8, 4) is 22.4 Å². The van der Waals surface area contributed by atoms with Crippen molar-refractivity contribution in [2.75, 3.05) is 0 Å². The van der Waals surface area contributed by atoms with Gasteiger partial charge in [0.2, 0.25) is 0 Å². The lowest BCUT2D eigenvalue weighted by Crippen LogP contribution is -2.25. The van der Waals surface area contributed by atoms with E-state index in [1.165, 1.54) is 0 Å². The number of hydrogen-bond acceptors (Lipinski definition) is 3. The van der Waals surface area contributed by atoms with E-state index in [1.807, 2.05) is 43.3 Å². The van der Waals surface area contributed by atoms with Crippen molar-refractivity contribution in [2.45, 2.75) is 32.7 Å². The highest BCUT2D eigenvalue weighted by Crippen LogP contribution is 2.33. The summed E-state index contributed by atoms with van der Waals surface area (Å²) in [4.78, 5) is 12.5. The summed E-state index contributed by atoms with van der Waals surface area (Å²) in [7, 11) is 0. The molecular weight excluding hydrogens is 406 g/mol. The molecule has 4 aromatic rings. The van der Waals surface area contributed by atoms with Crippen LogP contribution in [0.5, 0.6) is 0 Å². The predicted octanol–water partition coefficient (Wildman–Crippen LogP) is 6.13. The molecule has 31 heavy (non-hydrogen) atoms. The van der Waals surface area contributed by atoms with Crippen LogP contribution in [0.2, 0.25) is 5.02 Å². The van der Waals surface area contributed by atoms with Gasteiger partial charge < -0.3 is 5.32 Å². The van der Waals surface area contributed by atoms with E-state index < -0.39 is 0 Å². The number of aryl methyl sites for hydroxylation is 2. The largest absolute Gasteiger partial charge is 0.349 e. The van der Waals surface area contributed by atoms with Gasteiger partial charge in [0.25, 0.3) is 5.91 Å². The number of nitrogens with zero attached hydrogens (tertiary/aromatic N) is 2. The summed E-state index contributed by atoms with van der Waals surface area (Å²) in [5.74, 6) is -0.00379. The van der Waals surface area contributed by atoms with Gasteiger partial charge in [0.15, 0.2) is 0 Å². The number of halogens is 1. The van der Waals surface area contributed by atoms with Gasteiger partial charge in [0.1, 0.15) is 5.69 Å². The van der Waals surface area contributed by atoms with Crippen LogP contribution in [-0.4, -0.2) is 22.1 Å². The number of aromatic nitrogens is 2. The van der Waals surface area contributed by atoms with Gasteiger partial charge in [-0.25, -0.2) is 0 Å². The molecule has 154 valence electrons. The summed E-state index contributed by atoms with van der Waals surface area (Å²) < 4.78 is 0. The molecule has 1 heterocycles. The molecule has 1 N–H and O–H groups in total. The number of amides is 1. The number of hydrogen-bond donors (Lipinski definition) is 1. The zero-order chi connectivity index (χ0) is 21.5. The Morgan fingerprint density at radius 2 is 1.81 bits per heavy atom. The van der Waals surface area contributed by atoms with E-state index in [1.54, 1.807) is 6.20 Å². The van der Waals surface area contributed by atoms with E-state index in [0.29, 0.717) is 16.6 Å². The molecular formula is C26H22ClN3O. The summed E-state index contributed by atoms with van der Waals surface area (Å²) in [5.41, 5.74) is 6.83. The monoisotopic (exact) mass is 427 g/mol. The molecule has 1 amide bonds. The van der Waals surface area contributed by atoms with Crippen LogP contribution in [-0.2, 0) is 0 Å². The molecule has 0 bridgehead atoms. The van der Waals surface area contributed by atoms with Gasteiger partial charge in [-0.1, -0.05) is 35.9 Å². The smallest absolute Gasteiger partial charge is 0.251 e. The minimum atomic E-state index is -0.00379. The van der Waals surface area contributed by atoms with Gasteiger partial charge in [-0.3, -0.25) is 4.79 Å². The van der Waals surface area contributed by atoms with Gasteiger partial charge >= 0.3 is 0 Å². The second-order valence-corrected chi connectivity index (χ2v) is 8.67. The lowest BCUT2D eigenvalue weighted by Gasteiger charge is -2.12. The molecule has 3 aromatic carbocycles. The maximum absolute atomic E-state index is 12.5. The number of rotatable bonds is 4. The van der Waals surface area contributed by atoms with E-state index in [2.05, 4.69) is 40.6 Å². The van der Waals surface area contributed by atoms with Gasteiger partial charge in [0, 0.05) is 33.0 Å². The Hall–Kier alpha value is -3.24. The number of carbonyl (C=O) groups excluding carboxylic acids is 1. The fourth-order valence-corrected chi connectivity index (χ4v) is 4.14. The van der Waals surface area contributed by atoms with Crippen LogP contribution >= 0.6 is 11.6 Å². The van der Waals surface area contributed by atoms with E-state index >= 15 is 0 Å². The van der Waals surface area contributed by atoms with Crippen LogP contribution in [0.15, 0.2) is 60.8 Å². The Bertz CT molecular complexity index is 1330. The zero-order valence-corrected chi connectivity index (χ0v) is 18.2. The number of nitrogens with one attached hydrogen (secondary N) is 1. The van der Waals surface area contributed by atoms with Crippen molar-refractivity contribution in [1.82, 2.24) is 15.5 Å². The molecule has 4 nitrogen and oxygen atoms in total. The third-order valence-electron chi connectivity index (χ3n) is 5.83. The highest BCUT2D eigenvalue weighted by molar-refractivity contribution is 6.30. The van der Waals surface area contributed by atoms with Gasteiger partial charge in [0.05, 0.1) is 6.20 Å². The van der Waals surface area contributed by atoms with Crippen molar-refractivity contribution in [3.05, 3.63) is 82.5 Å². The van der Waals surface area contributed by atoms with Crippen molar-refractivity contribution in [3.63, 3.8) is 0 Å². The normalized spacial score (nSPS) is 13.4. The molecule has 1 aliphatic carbocycles. The van der Waals surface area contributed by atoms with E-state index in [-0.39, 0.29) is 5.91 Å². The summed E-state index contributed by atoms with van der Waals surface area (Å²) >= 11 is 6.13. The second-order valence-electron chi connectivity index (χ2n) is 8.23. The van der Waals surface area contributed by atoms with E-state index in [9.17, 15) is 4.79 Å². The molecule has 0 aliphatic heterocycles. The molecule has 0 saturated heterocycles. The standard InChI is InChI=1S/C26H22ClN3O/c1-15-3-4-18(26(31)29-21-7-8-21)13-24(15)17-5-9-23-19(12-17)14-28-30-25(23)22-10-6-20(27)11-16(22)2/h3-6,9-14,21H,7-8H2,1-2H3,(H,29,31). The molecule has 1 aliphatic rings. The Balaban J connectivity index is 1.57. The van der Waals surface area contributed by atoms with Crippen LogP contribution in [0.25, 0.3) is 33.2 Å². The molecule has 5 rings (SSSR count). The second kappa shape index (κ2) is 7.78. The Morgan fingerprint density at radius 3 is 2.58 bits per heavy atom. The number of benzene rings is 3. The highest BCUT2D eigenvalue weighted by atomic mass is 35.5. The van der Waals surface area contributed by atoms with Crippen molar-refractivity contribution in [1.29, 1.82) is 0 Å². The quantitative estimate of drug-likeness (QED) is 0.426. The molecule has 5 heteroatoms. The molecule has 0 radical (unpaired) electrons. The third-order valence-corrected chi connectivity index (χ3v) is 6.06. The predicted molar refractivity (Wildman–Crippen MR) is 125 cm³/mol. The minimum absolute atomic E-state index is 0.00379. The zero-order valence-electron chi connectivity index (χ0n) is 17.4. The molecule has 1 aromatic heterocycles.